The molecule has 1 aromatic heterocycles. The number of pyridine rings is 1. The Kier molecular flexibility index (Phi) is 7.55. The Bertz CT molecular complexity index is 943. The zero-order valence-electron chi connectivity index (χ0n) is 15.7. The maximum absolute atomic E-state index is 13.2. The third kappa shape index (κ3) is 6.46. The smallest absolute Gasteiger partial charge is 0.416 e. The Hall–Kier alpha value is -3.13. The standard InChI is InChI=1S/C19H17F3N2O.C2H4O2/c20-19(21,22)14-11-13-5-1-2-6-15(13)18(12-14)25-17(8-9-23)16-7-3-4-10-24-16;1-2(3)4/h1-7,10-12,17H,8-9,23H2;1H3,(H,3,4). The van der Waals surface area contributed by atoms with Gasteiger partial charge in [0.2, 0.25) is 0 Å². The van der Waals surface area contributed by atoms with Gasteiger partial charge in [-0.15, -0.1) is 0 Å². The molecule has 3 aromatic rings. The minimum Gasteiger partial charge on any atom is -0.483 e. The van der Waals surface area contributed by atoms with Crippen molar-refractivity contribution < 1.29 is 27.8 Å². The molecule has 1 heterocycles. The van der Waals surface area contributed by atoms with E-state index in [4.69, 9.17) is 20.4 Å². The van der Waals surface area contributed by atoms with Crippen LogP contribution in [0.4, 0.5) is 13.2 Å². The van der Waals surface area contributed by atoms with Crippen molar-refractivity contribution >= 4 is 16.7 Å². The molecular weight excluding hydrogens is 385 g/mol. The van der Waals surface area contributed by atoms with E-state index < -0.39 is 23.8 Å². The number of ether oxygens (including phenoxy) is 1. The van der Waals surface area contributed by atoms with Crippen molar-refractivity contribution in [3.05, 3.63) is 72.1 Å². The molecule has 29 heavy (non-hydrogen) atoms. The molecular formula is C21H21F3N2O3. The average molecular weight is 406 g/mol. The minimum atomic E-state index is -4.45. The molecule has 0 radical (unpaired) electrons. The van der Waals surface area contributed by atoms with E-state index in [9.17, 15) is 13.2 Å². The number of rotatable bonds is 5. The van der Waals surface area contributed by atoms with Crippen LogP contribution in [0.2, 0.25) is 0 Å². The molecule has 0 fully saturated rings. The molecule has 5 nitrogen and oxygen atoms in total. The van der Waals surface area contributed by atoms with Crippen LogP contribution in [0, 0.1) is 0 Å². The number of aromatic nitrogens is 1. The molecule has 8 heteroatoms. The molecule has 1 atom stereocenters. The molecule has 0 aliphatic carbocycles. The van der Waals surface area contributed by atoms with E-state index >= 15 is 0 Å². The maximum atomic E-state index is 13.2. The summed E-state index contributed by atoms with van der Waals surface area (Å²) in [6.07, 6.45) is -2.90. The van der Waals surface area contributed by atoms with E-state index in [2.05, 4.69) is 4.98 Å². The van der Waals surface area contributed by atoms with Crippen LogP contribution in [0.15, 0.2) is 60.8 Å². The SMILES string of the molecule is CC(=O)O.NCCC(Oc1cc(C(F)(F)F)cc2ccccc12)c1ccccn1. The monoisotopic (exact) mass is 406 g/mol. The molecule has 1 unspecified atom stereocenters. The zero-order chi connectivity index (χ0) is 21.4. The quantitative estimate of drug-likeness (QED) is 0.635. The van der Waals surface area contributed by atoms with Gasteiger partial charge in [0, 0.05) is 24.9 Å². The molecule has 0 aliphatic rings. The van der Waals surface area contributed by atoms with Gasteiger partial charge in [-0.1, -0.05) is 30.3 Å². The van der Waals surface area contributed by atoms with Crippen LogP contribution < -0.4 is 10.5 Å². The highest BCUT2D eigenvalue weighted by molar-refractivity contribution is 5.89. The van der Waals surface area contributed by atoms with Gasteiger partial charge in [-0.3, -0.25) is 9.78 Å². The van der Waals surface area contributed by atoms with Crippen molar-refractivity contribution in [3.8, 4) is 5.75 Å². The highest BCUT2D eigenvalue weighted by Gasteiger charge is 2.32. The number of nitrogens with two attached hydrogens (primary N) is 1. The van der Waals surface area contributed by atoms with Crippen LogP contribution in [0.1, 0.15) is 30.7 Å². The second kappa shape index (κ2) is 9.88. The number of alkyl halides is 3. The fraction of sp³-hybridized carbons (Fsp3) is 0.238. The summed E-state index contributed by atoms with van der Waals surface area (Å²) in [5.41, 5.74) is 5.54. The summed E-state index contributed by atoms with van der Waals surface area (Å²) < 4.78 is 45.6. The minimum absolute atomic E-state index is 0.175. The first-order chi connectivity index (χ1) is 13.7. The van der Waals surface area contributed by atoms with Gasteiger partial charge in [0.1, 0.15) is 11.9 Å². The van der Waals surface area contributed by atoms with E-state index in [0.29, 0.717) is 29.4 Å². The Morgan fingerprint density at radius 2 is 1.83 bits per heavy atom. The van der Waals surface area contributed by atoms with Gasteiger partial charge in [-0.05, 0) is 36.2 Å². The number of carboxylic acids is 1. The summed E-state index contributed by atoms with van der Waals surface area (Å²) in [4.78, 5) is 13.2. The molecule has 0 spiro atoms. The predicted molar refractivity (Wildman–Crippen MR) is 104 cm³/mol. The number of carboxylic acid groups (broad SMARTS) is 1. The van der Waals surface area contributed by atoms with Gasteiger partial charge in [-0.25, -0.2) is 0 Å². The number of fused-ring (bicyclic) bond motifs is 1. The summed E-state index contributed by atoms with van der Waals surface area (Å²) in [6.45, 7) is 1.41. The zero-order valence-corrected chi connectivity index (χ0v) is 15.7. The highest BCUT2D eigenvalue weighted by atomic mass is 19.4. The van der Waals surface area contributed by atoms with Crippen molar-refractivity contribution in [2.45, 2.75) is 25.6 Å². The maximum Gasteiger partial charge on any atom is 0.416 e. The van der Waals surface area contributed by atoms with Crippen molar-refractivity contribution in [1.82, 2.24) is 4.98 Å². The lowest BCUT2D eigenvalue weighted by molar-refractivity contribution is -0.137. The Balaban J connectivity index is 0.000000687. The largest absolute Gasteiger partial charge is 0.483 e. The summed E-state index contributed by atoms with van der Waals surface area (Å²) in [5, 5.41) is 8.51. The van der Waals surface area contributed by atoms with Gasteiger partial charge in [0.25, 0.3) is 5.97 Å². The third-order valence-corrected chi connectivity index (χ3v) is 3.87. The second-order valence-electron chi connectivity index (χ2n) is 6.15. The molecule has 0 aliphatic heterocycles. The molecule has 3 rings (SSSR count). The van der Waals surface area contributed by atoms with Gasteiger partial charge in [0.05, 0.1) is 11.3 Å². The van der Waals surface area contributed by atoms with Gasteiger partial charge < -0.3 is 15.6 Å². The van der Waals surface area contributed by atoms with Gasteiger partial charge in [0.15, 0.2) is 0 Å². The Morgan fingerprint density at radius 3 is 2.41 bits per heavy atom. The number of nitrogens with zero attached hydrogens (tertiary/aromatic N) is 1. The number of hydrogen-bond acceptors (Lipinski definition) is 4. The summed E-state index contributed by atoms with van der Waals surface area (Å²) >= 11 is 0. The molecule has 0 bridgehead atoms. The highest BCUT2D eigenvalue weighted by Crippen LogP contribution is 2.38. The van der Waals surface area contributed by atoms with E-state index in [0.717, 1.165) is 19.1 Å². The molecule has 0 amide bonds. The molecule has 0 saturated carbocycles. The summed E-state index contributed by atoms with van der Waals surface area (Å²) in [7, 11) is 0. The first kappa shape index (κ1) is 22.2. The van der Waals surface area contributed by atoms with Gasteiger partial charge >= 0.3 is 6.18 Å². The second-order valence-corrected chi connectivity index (χ2v) is 6.15. The summed E-state index contributed by atoms with van der Waals surface area (Å²) in [5.74, 6) is -0.658. The van der Waals surface area contributed by atoms with Crippen LogP contribution in [-0.2, 0) is 11.0 Å². The average Bonchev–Trinajstić information content (AvgIpc) is 2.67. The molecule has 154 valence electrons. The third-order valence-electron chi connectivity index (χ3n) is 3.87. The van der Waals surface area contributed by atoms with E-state index in [1.807, 2.05) is 0 Å². The predicted octanol–water partition coefficient (Wildman–Crippen LogP) is 4.81. The normalized spacial score (nSPS) is 12.0. The number of carbonyl (C=O) groups is 1. The number of benzene rings is 2. The summed E-state index contributed by atoms with van der Waals surface area (Å²) in [6, 6.07) is 14.3. The first-order valence-electron chi connectivity index (χ1n) is 8.79. The lowest BCUT2D eigenvalue weighted by Gasteiger charge is -2.20. The fourth-order valence-corrected chi connectivity index (χ4v) is 2.67. The fourth-order valence-electron chi connectivity index (χ4n) is 2.67. The van der Waals surface area contributed by atoms with Crippen molar-refractivity contribution in [2.75, 3.05) is 6.54 Å². The number of halogens is 3. The van der Waals surface area contributed by atoms with Crippen molar-refractivity contribution in [3.63, 3.8) is 0 Å². The molecule has 0 saturated heterocycles. The first-order valence-corrected chi connectivity index (χ1v) is 8.79. The van der Waals surface area contributed by atoms with Crippen LogP contribution in [0.25, 0.3) is 10.8 Å². The Morgan fingerprint density at radius 1 is 1.17 bits per heavy atom. The van der Waals surface area contributed by atoms with Crippen LogP contribution >= 0.6 is 0 Å². The Labute approximate surface area is 165 Å². The molecule has 3 N–H and O–H groups in total. The topological polar surface area (TPSA) is 85.4 Å². The van der Waals surface area contributed by atoms with E-state index in [-0.39, 0.29) is 5.75 Å². The van der Waals surface area contributed by atoms with E-state index in [1.54, 1.807) is 48.7 Å². The van der Waals surface area contributed by atoms with Crippen molar-refractivity contribution in [2.24, 2.45) is 5.73 Å². The number of aliphatic carboxylic acids is 1. The van der Waals surface area contributed by atoms with Crippen LogP contribution in [-0.4, -0.2) is 22.6 Å². The number of hydrogen-bond donors (Lipinski definition) is 2. The van der Waals surface area contributed by atoms with Crippen molar-refractivity contribution in [1.29, 1.82) is 0 Å². The van der Waals surface area contributed by atoms with E-state index in [1.165, 1.54) is 0 Å². The van der Waals surface area contributed by atoms with Crippen LogP contribution in [0.3, 0.4) is 0 Å². The van der Waals surface area contributed by atoms with Crippen LogP contribution in [0.5, 0.6) is 5.75 Å². The molecule has 2 aromatic carbocycles. The lowest BCUT2D eigenvalue weighted by Crippen LogP contribution is -2.15. The lowest BCUT2D eigenvalue weighted by atomic mass is 10.0. The van der Waals surface area contributed by atoms with Gasteiger partial charge in [-0.2, -0.15) is 13.2 Å².